The maximum absolute atomic E-state index is 6.70. The Balaban J connectivity index is 1.06. The van der Waals surface area contributed by atoms with Crippen LogP contribution in [-0.2, 0) is 0 Å². The summed E-state index contributed by atoms with van der Waals surface area (Å²) in [6.07, 6.45) is 0. The van der Waals surface area contributed by atoms with Crippen molar-refractivity contribution >= 4 is 65.0 Å². The van der Waals surface area contributed by atoms with Crippen LogP contribution in [0.15, 0.2) is 205 Å². The van der Waals surface area contributed by atoms with Crippen LogP contribution in [0.1, 0.15) is 0 Å². The number of fused-ring (bicyclic) bond motifs is 8. The summed E-state index contributed by atoms with van der Waals surface area (Å²) < 4.78 is 6.70. The first-order valence-corrected chi connectivity index (χ1v) is 19.9. The van der Waals surface area contributed by atoms with Crippen molar-refractivity contribution in [1.82, 2.24) is 15.0 Å². The van der Waals surface area contributed by atoms with Gasteiger partial charge in [0, 0.05) is 32.8 Å². The summed E-state index contributed by atoms with van der Waals surface area (Å²) in [6, 6.07) is 70.5. The number of nitrogens with zero attached hydrogens (tertiary/aromatic N) is 3. The first-order chi connectivity index (χ1) is 29.2. The minimum absolute atomic E-state index is 0.629. The van der Waals surface area contributed by atoms with Gasteiger partial charge in [-0.15, -0.1) is 0 Å². The quantitative estimate of drug-likeness (QED) is 0.176. The van der Waals surface area contributed by atoms with E-state index in [4.69, 9.17) is 19.4 Å². The third-order valence-electron chi connectivity index (χ3n) is 11.7. The van der Waals surface area contributed by atoms with Crippen LogP contribution < -0.4 is 0 Å². The molecule has 0 spiro atoms. The summed E-state index contributed by atoms with van der Waals surface area (Å²) >= 11 is 0. The predicted octanol–water partition coefficient (Wildman–Crippen LogP) is 14.7. The zero-order valence-electron chi connectivity index (χ0n) is 31.8. The summed E-state index contributed by atoms with van der Waals surface area (Å²) in [7, 11) is 0. The Morgan fingerprint density at radius 3 is 1.44 bits per heavy atom. The molecule has 0 unspecified atom stereocenters. The van der Waals surface area contributed by atoms with Crippen LogP contribution in [0.4, 0.5) is 0 Å². The second kappa shape index (κ2) is 13.3. The van der Waals surface area contributed by atoms with E-state index in [0.29, 0.717) is 17.5 Å². The Morgan fingerprint density at radius 2 is 0.780 bits per heavy atom. The third-order valence-corrected chi connectivity index (χ3v) is 11.7. The van der Waals surface area contributed by atoms with E-state index in [9.17, 15) is 0 Å². The number of hydrogen-bond donors (Lipinski definition) is 0. The van der Waals surface area contributed by atoms with Crippen LogP contribution in [0.25, 0.3) is 121 Å². The van der Waals surface area contributed by atoms with Crippen LogP contribution in [0.5, 0.6) is 0 Å². The molecule has 10 aromatic carbocycles. The monoisotopic (exact) mass is 751 g/mol. The van der Waals surface area contributed by atoms with Gasteiger partial charge >= 0.3 is 0 Å². The highest BCUT2D eigenvalue weighted by Crippen LogP contribution is 2.44. The van der Waals surface area contributed by atoms with Gasteiger partial charge in [-0.25, -0.2) is 15.0 Å². The Morgan fingerprint density at radius 1 is 0.271 bits per heavy atom. The lowest BCUT2D eigenvalue weighted by Crippen LogP contribution is -2.01. The molecule has 12 rings (SSSR count). The molecular weight excluding hydrogens is 719 g/mol. The van der Waals surface area contributed by atoms with Gasteiger partial charge in [0.25, 0.3) is 0 Å². The van der Waals surface area contributed by atoms with E-state index in [1.54, 1.807) is 0 Å². The van der Waals surface area contributed by atoms with Crippen molar-refractivity contribution in [2.45, 2.75) is 0 Å². The average Bonchev–Trinajstić information content (AvgIpc) is 3.69. The second-order valence-electron chi connectivity index (χ2n) is 15.2. The highest BCUT2D eigenvalue weighted by Gasteiger charge is 2.20. The molecule has 0 saturated carbocycles. The second-order valence-corrected chi connectivity index (χ2v) is 15.2. The lowest BCUT2D eigenvalue weighted by molar-refractivity contribution is 0.673. The molecule has 0 amide bonds. The molecule has 12 aromatic rings. The van der Waals surface area contributed by atoms with E-state index in [1.165, 1.54) is 16.3 Å². The third kappa shape index (κ3) is 5.57. The molecule has 0 aliphatic carbocycles. The molecule has 4 heteroatoms. The van der Waals surface area contributed by atoms with Gasteiger partial charge in [-0.3, -0.25) is 0 Å². The van der Waals surface area contributed by atoms with Crippen LogP contribution in [0.2, 0.25) is 0 Å². The van der Waals surface area contributed by atoms with Crippen LogP contribution in [0.3, 0.4) is 0 Å². The highest BCUT2D eigenvalue weighted by atomic mass is 16.3. The first-order valence-electron chi connectivity index (χ1n) is 19.9. The van der Waals surface area contributed by atoms with E-state index in [2.05, 4.69) is 194 Å². The lowest BCUT2D eigenvalue weighted by Gasteiger charge is -2.15. The molecular formula is C55H33N3O. The zero-order chi connectivity index (χ0) is 38.9. The topological polar surface area (TPSA) is 51.8 Å². The summed E-state index contributed by atoms with van der Waals surface area (Å²) in [5, 5.41) is 11.2. The smallest absolute Gasteiger partial charge is 0.164 e. The molecule has 2 aromatic heterocycles. The Kier molecular flexibility index (Phi) is 7.50. The summed E-state index contributed by atoms with van der Waals surface area (Å²) in [4.78, 5) is 15.6. The number of benzene rings is 10. The molecule has 0 aliphatic heterocycles. The van der Waals surface area contributed by atoms with Crippen LogP contribution in [-0.4, -0.2) is 15.0 Å². The molecule has 0 fully saturated rings. The summed E-state index contributed by atoms with van der Waals surface area (Å²) in [5.74, 6) is 1.90. The van der Waals surface area contributed by atoms with E-state index in [-0.39, 0.29) is 0 Å². The standard InChI is InChI=1S/C55H33N3O/c1-2-12-34(13-3-1)39-26-27-46-50-33-49(44-20-10-11-21-47(44)52(50)59-51(46)32-39)45-28-29-48(43-19-9-8-18-42(43)45)55-57-53(40-24-22-35-14-4-6-16-37(35)30-40)56-54(58-55)41-25-23-36-15-5-7-17-38(36)31-41/h1-33H. The Labute approximate surface area is 339 Å². The predicted molar refractivity (Wildman–Crippen MR) is 244 cm³/mol. The fourth-order valence-corrected chi connectivity index (χ4v) is 8.77. The van der Waals surface area contributed by atoms with Gasteiger partial charge in [-0.2, -0.15) is 0 Å². The molecule has 0 saturated heterocycles. The van der Waals surface area contributed by atoms with Gasteiger partial charge in [0.15, 0.2) is 17.5 Å². The highest BCUT2D eigenvalue weighted by molar-refractivity contribution is 6.21. The van der Waals surface area contributed by atoms with Crippen molar-refractivity contribution in [3.05, 3.63) is 200 Å². The molecule has 0 aliphatic rings. The fourth-order valence-electron chi connectivity index (χ4n) is 8.77. The lowest BCUT2D eigenvalue weighted by atomic mass is 9.90. The zero-order valence-corrected chi connectivity index (χ0v) is 31.8. The van der Waals surface area contributed by atoms with Crippen molar-refractivity contribution in [3.8, 4) is 56.4 Å². The average molecular weight is 752 g/mol. The Bertz CT molecular complexity index is 3530. The number of rotatable bonds is 5. The van der Waals surface area contributed by atoms with Gasteiger partial charge in [-0.05, 0) is 96.4 Å². The number of aromatic nitrogens is 3. The van der Waals surface area contributed by atoms with Gasteiger partial charge in [0.2, 0.25) is 0 Å². The molecule has 4 nitrogen and oxygen atoms in total. The molecule has 274 valence electrons. The molecule has 2 heterocycles. The van der Waals surface area contributed by atoms with Gasteiger partial charge in [0.1, 0.15) is 11.2 Å². The molecule has 0 atom stereocenters. The molecule has 59 heavy (non-hydrogen) atoms. The van der Waals surface area contributed by atoms with E-state index in [1.807, 2.05) is 6.07 Å². The van der Waals surface area contributed by atoms with Crippen molar-refractivity contribution in [2.24, 2.45) is 0 Å². The summed E-state index contributed by atoms with van der Waals surface area (Å²) in [6.45, 7) is 0. The Hall–Kier alpha value is -7.95. The van der Waals surface area contributed by atoms with Crippen LogP contribution >= 0.6 is 0 Å². The first kappa shape index (κ1) is 33.2. The maximum atomic E-state index is 6.70. The van der Waals surface area contributed by atoms with E-state index >= 15 is 0 Å². The van der Waals surface area contributed by atoms with Gasteiger partial charge in [0.05, 0.1) is 0 Å². The largest absolute Gasteiger partial charge is 0.455 e. The minimum atomic E-state index is 0.629. The normalized spacial score (nSPS) is 11.7. The maximum Gasteiger partial charge on any atom is 0.164 e. The minimum Gasteiger partial charge on any atom is -0.455 e. The van der Waals surface area contributed by atoms with Gasteiger partial charge < -0.3 is 4.42 Å². The van der Waals surface area contributed by atoms with E-state index < -0.39 is 0 Å². The fraction of sp³-hybridized carbons (Fsp3) is 0. The van der Waals surface area contributed by atoms with Gasteiger partial charge in [-0.1, -0.05) is 164 Å². The van der Waals surface area contributed by atoms with Crippen molar-refractivity contribution in [3.63, 3.8) is 0 Å². The number of furan rings is 1. The van der Waals surface area contributed by atoms with E-state index in [0.717, 1.165) is 87.6 Å². The van der Waals surface area contributed by atoms with Crippen LogP contribution in [0, 0.1) is 0 Å². The van der Waals surface area contributed by atoms with Crippen molar-refractivity contribution < 1.29 is 4.42 Å². The molecule has 0 radical (unpaired) electrons. The van der Waals surface area contributed by atoms with Crippen molar-refractivity contribution in [1.29, 1.82) is 0 Å². The van der Waals surface area contributed by atoms with Crippen molar-refractivity contribution in [2.75, 3.05) is 0 Å². The molecule has 0 N–H and O–H groups in total. The SMILES string of the molecule is c1ccc(-c2ccc3c(c2)oc2c4ccccc4c(-c4ccc(-c5nc(-c6ccc7ccccc7c6)nc(-c6ccc7ccccc7c6)n5)c5ccccc45)cc32)cc1. The number of hydrogen-bond acceptors (Lipinski definition) is 4. The summed E-state index contributed by atoms with van der Waals surface area (Å²) in [5.41, 5.74) is 9.20. The molecule has 0 bridgehead atoms.